The lowest BCUT2D eigenvalue weighted by Crippen LogP contribution is -2.38. The van der Waals surface area contributed by atoms with Crippen LogP contribution in [0.2, 0.25) is 0 Å². The van der Waals surface area contributed by atoms with Crippen LogP contribution in [0.4, 0.5) is 0 Å². The number of esters is 1. The monoisotopic (exact) mass is 242 g/mol. The van der Waals surface area contributed by atoms with Crippen LogP contribution in [0.15, 0.2) is 22.8 Å². The quantitative estimate of drug-likeness (QED) is 0.588. The molecule has 0 bridgehead atoms. The summed E-state index contributed by atoms with van der Waals surface area (Å²) in [6, 6.07) is 3.63. The van der Waals surface area contributed by atoms with Crippen molar-refractivity contribution in [1.29, 1.82) is 0 Å². The lowest BCUT2D eigenvalue weighted by atomic mass is 10.4. The molecule has 0 saturated carbocycles. The van der Waals surface area contributed by atoms with Crippen molar-refractivity contribution in [3.05, 3.63) is 24.2 Å². The van der Waals surface area contributed by atoms with Crippen LogP contribution < -0.4 is 10.6 Å². The molecular weight excluding hydrogens is 228 g/mol. The van der Waals surface area contributed by atoms with Gasteiger partial charge in [-0.05, 0) is 31.3 Å². The molecule has 0 spiro atoms. The van der Waals surface area contributed by atoms with Gasteiger partial charge < -0.3 is 19.8 Å². The van der Waals surface area contributed by atoms with Gasteiger partial charge in [0.15, 0.2) is 5.11 Å². The van der Waals surface area contributed by atoms with E-state index in [9.17, 15) is 4.79 Å². The Balaban J connectivity index is 2.14. The van der Waals surface area contributed by atoms with Crippen LogP contribution in [-0.2, 0) is 16.1 Å². The predicted molar refractivity (Wildman–Crippen MR) is 62.8 cm³/mol. The van der Waals surface area contributed by atoms with Crippen molar-refractivity contribution in [2.24, 2.45) is 0 Å². The van der Waals surface area contributed by atoms with Crippen LogP contribution in [0.1, 0.15) is 12.7 Å². The third-order valence-corrected chi connectivity index (χ3v) is 1.99. The van der Waals surface area contributed by atoms with E-state index in [1.807, 2.05) is 6.07 Å². The smallest absolute Gasteiger partial charge is 0.325 e. The van der Waals surface area contributed by atoms with E-state index in [0.29, 0.717) is 18.3 Å². The topological polar surface area (TPSA) is 63.5 Å². The summed E-state index contributed by atoms with van der Waals surface area (Å²) >= 11 is 4.96. The van der Waals surface area contributed by atoms with E-state index in [2.05, 4.69) is 10.6 Å². The molecule has 0 radical (unpaired) electrons. The molecule has 1 aromatic heterocycles. The molecule has 0 amide bonds. The van der Waals surface area contributed by atoms with Gasteiger partial charge in [-0.1, -0.05) is 0 Å². The van der Waals surface area contributed by atoms with Gasteiger partial charge >= 0.3 is 5.97 Å². The van der Waals surface area contributed by atoms with Crippen molar-refractivity contribution in [2.75, 3.05) is 13.2 Å². The highest BCUT2D eigenvalue weighted by molar-refractivity contribution is 7.80. The minimum Gasteiger partial charge on any atom is -0.467 e. The zero-order valence-corrected chi connectivity index (χ0v) is 9.80. The lowest BCUT2D eigenvalue weighted by Gasteiger charge is -2.08. The van der Waals surface area contributed by atoms with E-state index in [1.165, 1.54) is 0 Å². The zero-order valence-electron chi connectivity index (χ0n) is 8.99. The molecule has 1 aromatic rings. The van der Waals surface area contributed by atoms with Crippen LogP contribution in [0.25, 0.3) is 0 Å². The first-order chi connectivity index (χ1) is 7.72. The number of hydrogen-bond acceptors (Lipinski definition) is 4. The van der Waals surface area contributed by atoms with Gasteiger partial charge in [0, 0.05) is 0 Å². The van der Waals surface area contributed by atoms with Gasteiger partial charge in [-0.3, -0.25) is 4.79 Å². The highest BCUT2D eigenvalue weighted by Gasteiger charge is 2.03. The average Bonchev–Trinajstić information content (AvgIpc) is 2.77. The number of ether oxygens (including phenoxy) is 1. The SMILES string of the molecule is CCOC(=O)CNC(=S)NCc1ccco1. The Hall–Kier alpha value is -1.56. The minimum absolute atomic E-state index is 0.0673. The van der Waals surface area contributed by atoms with Gasteiger partial charge in [-0.25, -0.2) is 0 Å². The molecule has 0 aromatic carbocycles. The molecule has 0 aliphatic carbocycles. The van der Waals surface area contributed by atoms with Crippen molar-refractivity contribution in [3.63, 3.8) is 0 Å². The Morgan fingerprint density at radius 3 is 3.00 bits per heavy atom. The Labute approximate surface area is 99.1 Å². The Bertz CT molecular complexity index is 338. The van der Waals surface area contributed by atoms with Crippen LogP contribution >= 0.6 is 12.2 Å². The van der Waals surface area contributed by atoms with E-state index < -0.39 is 0 Å². The Morgan fingerprint density at radius 1 is 1.56 bits per heavy atom. The van der Waals surface area contributed by atoms with Crippen molar-refractivity contribution in [3.8, 4) is 0 Å². The van der Waals surface area contributed by atoms with E-state index in [4.69, 9.17) is 21.4 Å². The number of nitrogens with one attached hydrogen (secondary N) is 2. The first-order valence-corrected chi connectivity index (χ1v) is 5.33. The summed E-state index contributed by atoms with van der Waals surface area (Å²) in [5.41, 5.74) is 0. The number of furan rings is 1. The Morgan fingerprint density at radius 2 is 2.38 bits per heavy atom. The molecule has 16 heavy (non-hydrogen) atoms. The van der Waals surface area contributed by atoms with Crippen molar-refractivity contribution in [1.82, 2.24) is 10.6 Å². The lowest BCUT2D eigenvalue weighted by molar-refractivity contribution is -0.141. The molecule has 0 unspecified atom stereocenters. The summed E-state index contributed by atoms with van der Waals surface area (Å²) in [7, 11) is 0. The van der Waals surface area contributed by atoms with Gasteiger partial charge in [0.25, 0.3) is 0 Å². The third-order valence-electron chi connectivity index (χ3n) is 1.70. The minimum atomic E-state index is -0.329. The van der Waals surface area contributed by atoms with Gasteiger partial charge in [0.05, 0.1) is 19.4 Å². The summed E-state index contributed by atoms with van der Waals surface area (Å²) in [6.07, 6.45) is 1.59. The average molecular weight is 242 g/mol. The normalized spacial score (nSPS) is 9.56. The summed E-state index contributed by atoms with van der Waals surface area (Å²) in [6.45, 7) is 2.68. The summed E-state index contributed by atoms with van der Waals surface area (Å²) < 4.78 is 9.84. The molecule has 1 rings (SSSR count). The highest BCUT2D eigenvalue weighted by atomic mass is 32.1. The number of rotatable bonds is 5. The maximum atomic E-state index is 11.0. The fraction of sp³-hybridized carbons (Fsp3) is 0.400. The third kappa shape index (κ3) is 4.79. The first kappa shape index (κ1) is 12.5. The van der Waals surface area contributed by atoms with E-state index in [0.717, 1.165) is 5.76 Å². The molecular formula is C10H14N2O3S. The van der Waals surface area contributed by atoms with Gasteiger partial charge in [-0.2, -0.15) is 0 Å². The van der Waals surface area contributed by atoms with Crippen LogP contribution in [0.3, 0.4) is 0 Å². The van der Waals surface area contributed by atoms with Crippen LogP contribution in [-0.4, -0.2) is 24.2 Å². The number of carbonyl (C=O) groups is 1. The molecule has 1 heterocycles. The zero-order chi connectivity index (χ0) is 11.8. The molecule has 5 nitrogen and oxygen atoms in total. The van der Waals surface area contributed by atoms with E-state index in [-0.39, 0.29) is 12.5 Å². The molecule has 0 atom stereocenters. The summed E-state index contributed by atoms with van der Waals surface area (Å²) in [4.78, 5) is 11.0. The molecule has 2 N–H and O–H groups in total. The highest BCUT2D eigenvalue weighted by Crippen LogP contribution is 1.97. The standard InChI is InChI=1S/C10H14N2O3S/c1-2-14-9(13)7-12-10(16)11-6-8-4-3-5-15-8/h3-5H,2,6-7H2,1H3,(H2,11,12,16). The van der Waals surface area contributed by atoms with Crippen molar-refractivity contribution >= 4 is 23.3 Å². The van der Waals surface area contributed by atoms with Crippen LogP contribution in [0.5, 0.6) is 0 Å². The van der Waals surface area contributed by atoms with Crippen molar-refractivity contribution < 1.29 is 13.9 Å². The molecule has 6 heteroatoms. The second kappa shape index (κ2) is 6.84. The number of hydrogen-bond donors (Lipinski definition) is 2. The van der Waals surface area contributed by atoms with Gasteiger partial charge in [0.1, 0.15) is 12.3 Å². The summed E-state index contributed by atoms with van der Waals surface area (Å²) in [5, 5.41) is 6.03. The maximum absolute atomic E-state index is 11.0. The first-order valence-electron chi connectivity index (χ1n) is 4.92. The maximum Gasteiger partial charge on any atom is 0.325 e. The molecule has 0 aliphatic rings. The predicted octanol–water partition coefficient (Wildman–Crippen LogP) is 0.807. The molecule has 0 aliphatic heterocycles. The second-order valence-electron chi connectivity index (χ2n) is 2.92. The second-order valence-corrected chi connectivity index (χ2v) is 3.33. The van der Waals surface area contributed by atoms with E-state index >= 15 is 0 Å². The number of thiocarbonyl (C=S) groups is 1. The largest absolute Gasteiger partial charge is 0.467 e. The Kier molecular flexibility index (Phi) is 5.35. The fourth-order valence-electron chi connectivity index (χ4n) is 1.01. The molecule has 88 valence electrons. The summed E-state index contributed by atoms with van der Waals surface area (Å²) in [5.74, 6) is 0.449. The molecule has 0 saturated heterocycles. The van der Waals surface area contributed by atoms with Crippen molar-refractivity contribution in [2.45, 2.75) is 13.5 Å². The number of carbonyl (C=O) groups excluding carboxylic acids is 1. The van der Waals surface area contributed by atoms with Gasteiger partial charge in [-0.15, -0.1) is 0 Å². The van der Waals surface area contributed by atoms with Gasteiger partial charge in [0.2, 0.25) is 0 Å². The van der Waals surface area contributed by atoms with Crippen LogP contribution in [0, 0.1) is 0 Å². The molecule has 0 fully saturated rings. The van der Waals surface area contributed by atoms with E-state index in [1.54, 1.807) is 19.3 Å². The fourth-order valence-corrected chi connectivity index (χ4v) is 1.15.